The molecule has 3 heteroatoms. The van der Waals surface area contributed by atoms with Crippen LogP contribution >= 0.6 is 11.8 Å². The summed E-state index contributed by atoms with van der Waals surface area (Å²) in [6.07, 6.45) is 1.78. The number of carbonyl (C=O) groups is 1. The summed E-state index contributed by atoms with van der Waals surface area (Å²) < 4.78 is 0. The van der Waals surface area contributed by atoms with Gasteiger partial charge in [-0.05, 0) is 19.9 Å². The molecule has 0 aliphatic carbocycles. The molecule has 1 heterocycles. The fourth-order valence-corrected chi connectivity index (χ4v) is 2.73. The third-order valence-electron chi connectivity index (χ3n) is 2.33. The first-order valence-electron chi connectivity index (χ1n) is 5.02. The fourth-order valence-electron chi connectivity index (χ4n) is 1.65. The number of hydrogen-bond donors (Lipinski definition) is 0. The van der Waals surface area contributed by atoms with Crippen molar-refractivity contribution in [1.82, 2.24) is 4.90 Å². The van der Waals surface area contributed by atoms with Crippen LogP contribution < -0.4 is 0 Å². The second kappa shape index (κ2) is 5.66. The van der Waals surface area contributed by atoms with Crippen molar-refractivity contribution in [2.45, 2.75) is 31.9 Å². The van der Waals surface area contributed by atoms with Crippen LogP contribution in [0, 0.1) is 0 Å². The molecule has 76 valence electrons. The van der Waals surface area contributed by atoms with Crippen LogP contribution in [0.1, 0.15) is 26.7 Å². The van der Waals surface area contributed by atoms with Crippen molar-refractivity contribution >= 4 is 17.5 Å². The van der Waals surface area contributed by atoms with E-state index in [0.29, 0.717) is 5.78 Å². The average molecular weight is 201 g/mol. The molecule has 1 rings (SSSR count). The molecule has 13 heavy (non-hydrogen) atoms. The maximum atomic E-state index is 10.7. The van der Waals surface area contributed by atoms with Gasteiger partial charge in [0.1, 0.15) is 5.78 Å². The van der Waals surface area contributed by atoms with Crippen molar-refractivity contribution < 1.29 is 4.79 Å². The van der Waals surface area contributed by atoms with Gasteiger partial charge in [-0.15, -0.1) is 0 Å². The molecule has 0 saturated carbocycles. The van der Waals surface area contributed by atoms with E-state index in [2.05, 4.69) is 23.6 Å². The molecule has 1 unspecified atom stereocenters. The molecule has 1 aliphatic rings. The Morgan fingerprint density at radius 2 is 2.38 bits per heavy atom. The Bertz CT molecular complexity index is 172. The van der Waals surface area contributed by atoms with E-state index < -0.39 is 0 Å². The lowest BCUT2D eigenvalue weighted by Gasteiger charge is -2.30. The first-order valence-corrected chi connectivity index (χ1v) is 6.07. The second-order valence-electron chi connectivity index (χ2n) is 3.79. The summed E-state index contributed by atoms with van der Waals surface area (Å²) in [5, 5.41) is 0.770. The fraction of sp³-hybridized carbons (Fsp3) is 0.900. The zero-order valence-corrected chi connectivity index (χ0v) is 9.40. The normalized spacial score (nSPS) is 24.6. The van der Waals surface area contributed by atoms with Crippen molar-refractivity contribution in [3.05, 3.63) is 0 Å². The first-order chi connectivity index (χ1) is 6.18. The van der Waals surface area contributed by atoms with E-state index >= 15 is 0 Å². The largest absolute Gasteiger partial charge is 0.301 e. The number of ketones is 1. The number of Topliss-reactive ketones (excluding diaryl/α,β-unsaturated/α-hetero) is 1. The SMILES string of the molecule is CC(=O)CCCN1CCSC(C)C1. The molecule has 0 radical (unpaired) electrons. The van der Waals surface area contributed by atoms with Gasteiger partial charge in [-0.1, -0.05) is 6.92 Å². The Labute approximate surface area is 85.1 Å². The molecule has 1 saturated heterocycles. The van der Waals surface area contributed by atoms with E-state index in [1.165, 1.54) is 18.8 Å². The molecule has 0 N–H and O–H groups in total. The minimum atomic E-state index is 0.319. The molecule has 0 amide bonds. The van der Waals surface area contributed by atoms with Gasteiger partial charge < -0.3 is 9.69 Å². The lowest BCUT2D eigenvalue weighted by Crippen LogP contribution is -2.37. The first kappa shape index (κ1) is 11.1. The summed E-state index contributed by atoms with van der Waals surface area (Å²) >= 11 is 2.05. The van der Waals surface area contributed by atoms with Crippen molar-refractivity contribution in [1.29, 1.82) is 0 Å². The number of carbonyl (C=O) groups excluding carboxylic acids is 1. The van der Waals surface area contributed by atoms with E-state index in [1.54, 1.807) is 6.92 Å². The zero-order valence-electron chi connectivity index (χ0n) is 8.58. The highest BCUT2D eigenvalue weighted by atomic mass is 32.2. The Balaban J connectivity index is 2.10. The van der Waals surface area contributed by atoms with Gasteiger partial charge in [0, 0.05) is 30.5 Å². The van der Waals surface area contributed by atoms with E-state index in [-0.39, 0.29) is 0 Å². The molecule has 0 aromatic rings. The summed E-state index contributed by atoms with van der Waals surface area (Å²) in [7, 11) is 0. The predicted molar refractivity (Wildman–Crippen MR) is 58.3 cm³/mol. The average Bonchev–Trinajstić information content (AvgIpc) is 2.03. The molecule has 0 bridgehead atoms. The Morgan fingerprint density at radius 1 is 1.62 bits per heavy atom. The summed E-state index contributed by atoms with van der Waals surface area (Å²) in [6.45, 7) is 7.45. The van der Waals surface area contributed by atoms with Gasteiger partial charge in [0.05, 0.1) is 0 Å². The van der Waals surface area contributed by atoms with Crippen molar-refractivity contribution in [2.75, 3.05) is 25.4 Å². The highest BCUT2D eigenvalue weighted by Gasteiger charge is 2.15. The number of rotatable bonds is 4. The maximum absolute atomic E-state index is 10.7. The molecule has 0 aromatic carbocycles. The van der Waals surface area contributed by atoms with Crippen LogP contribution in [0.2, 0.25) is 0 Å². The topological polar surface area (TPSA) is 20.3 Å². The smallest absolute Gasteiger partial charge is 0.129 e. The maximum Gasteiger partial charge on any atom is 0.129 e. The van der Waals surface area contributed by atoms with Crippen LogP contribution in [0.25, 0.3) is 0 Å². The number of hydrogen-bond acceptors (Lipinski definition) is 3. The minimum absolute atomic E-state index is 0.319. The molecule has 1 aliphatic heterocycles. The highest BCUT2D eigenvalue weighted by Crippen LogP contribution is 2.17. The van der Waals surface area contributed by atoms with Gasteiger partial charge in [0.2, 0.25) is 0 Å². The van der Waals surface area contributed by atoms with E-state index in [4.69, 9.17) is 0 Å². The lowest BCUT2D eigenvalue weighted by molar-refractivity contribution is -0.117. The van der Waals surface area contributed by atoms with Crippen LogP contribution in [0.3, 0.4) is 0 Å². The Hall–Kier alpha value is -0.0200. The highest BCUT2D eigenvalue weighted by molar-refractivity contribution is 7.99. The molecule has 0 aromatic heterocycles. The van der Waals surface area contributed by atoms with Gasteiger partial charge in [0.15, 0.2) is 0 Å². The van der Waals surface area contributed by atoms with Gasteiger partial charge in [-0.3, -0.25) is 0 Å². The zero-order chi connectivity index (χ0) is 9.68. The quantitative estimate of drug-likeness (QED) is 0.691. The molecule has 1 fully saturated rings. The Morgan fingerprint density at radius 3 is 3.00 bits per heavy atom. The van der Waals surface area contributed by atoms with Gasteiger partial charge in [0.25, 0.3) is 0 Å². The second-order valence-corrected chi connectivity index (χ2v) is 5.33. The van der Waals surface area contributed by atoms with E-state index in [0.717, 1.165) is 24.6 Å². The van der Waals surface area contributed by atoms with Gasteiger partial charge in [-0.2, -0.15) is 11.8 Å². The van der Waals surface area contributed by atoms with Crippen molar-refractivity contribution in [3.8, 4) is 0 Å². The molecular weight excluding hydrogens is 182 g/mol. The summed E-state index contributed by atoms with van der Waals surface area (Å²) in [6, 6.07) is 0. The standard InChI is InChI=1S/C10H19NOS/c1-9(12)4-3-5-11-6-7-13-10(2)8-11/h10H,3-8H2,1-2H3. The minimum Gasteiger partial charge on any atom is -0.301 e. The van der Waals surface area contributed by atoms with E-state index in [1.807, 2.05) is 0 Å². The summed E-state index contributed by atoms with van der Waals surface area (Å²) in [5.74, 6) is 1.57. The predicted octanol–water partition coefficient (Wildman–Crippen LogP) is 1.79. The molecule has 1 atom stereocenters. The molecular formula is C10H19NOS. The van der Waals surface area contributed by atoms with Crippen LogP contribution in [-0.4, -0.2) is 41.3 Å². The Kier molecular flexibility index (Phi) is 4.81. The van der Waals surface area contributed by atoms with Crippen LogP contribution in [0.4, 0.5) is 0 Å². The van der Waals surface area contributed by atoms with Crippen LogP contribution in [0.5, 0.6) is 0 Å². The molecule has 2 nitrogen and oxygen atoms in total. The summed E-state index contributed by atoms with van der Waals surface area (Å²) in [5.41, 5.74) is 0. The van der Waals surface area contributed by atoms with Crippen molar-refractivity contribution in [3.63, 3.8) is 0 Å². The van der Waals surface area contributed by atoms with Crippen LogP contribution in [-0.2, 0) is 4.79 Å². The monoisotopic (exact) mass is 201 g/mol. The van der Waals surface area contributed by atoms with Crippen LogP contribution in [0.15, 0.2) is 0 Å². The number of thioether (sulfide) groups is 1. The van der Waals surface area contributed by atoms with Crippen molar-refractivity contribution in [2.24, 2.45) is 0 Å². The number of nitrogens with zero attached hydrogens (tertiary/aromatic N) is 1. The van der Waals surface area contributed by atoms with E-state index in [9.17, 15) is 4.79 Å². The third-order valence-corrected chi connectivity index (χ3v) is 3.46. The van der Waals surface area contributed by atoms with Gasteiger partial charge in [-0.25, -0.2) is 0 Å². The lowest BCUT2D eigenvalue weighted by atomic mass is 10.2. The third kappa shape index (κ3) is 4.67. The molecule has 0 spiro atoms. The van der Waals surface area contributed by atoms with Gasteiger partial charge >= 0.3 is 0 Å². The summed E-state index contributed by atoms with van der Waals surface area (Å²) in [4.78, 5) is 13.2.